The summed E-state index contributed by atoms with van der Waals surface area (Å²) in [6, 6.07) is 17.1. The average molecular weight is 395 g/mol. The zero-order chi connectivity index (χ0) is 17.6. The highest BCUT2D eigenvalue weighted by molar-refractivity contribution is 9.10. The SMILES string of the molecule is Cc1cc(Br)ccc1NC(=O)CN1C(=O)c2cccc3cccc1c23. The van der Waals surface area contributed by atoms with E-state index >= 15 is 0 Å². The van der Waals surface area contributed by atoms with Crippen molar-refractivity contribution in [2.45, 2.75) is 6.92 Å². The molecule has 2 amide bonds. The van der Waals surface area contributed by atoms with Gasteiger partial charge < -0.3 is 5.32 Å². The molecule has 1 N–H and O–H groups in total. The van der Waals surface area contributed by atoms with E-state index in [0.717, 1.165) is 32.2 Å². The van der Waals surface area contributed by atoms with Gasteiger partial charge in [0.2, 0.25) is 5.91 Å². The van der Waals surface area contributed by atoms with Crippen molar-refractivity contribution in [1.29, 1.82) is 0 Å². The Bertz CT molecular complexity index is 1020. The Kier molecular flexibility index (Phi) is 3.81. The first-order valence-electron chi connectivity index (χ1n) is 7.94. The molecule has 1 aliphatic heterocycles. The molecule has 0 atom stereocenters. The summed E-state index contributed by atoms with van der Waals surface area (Å²) < 4.78 is 0.958. The number of hydrogen-bond donors (Lipinski definition) is 1. The molecule has 4 nitrogen and oxygen atoms in total. The lowest BCUT2D eigenvalue weighted by Crippen LogP contribution is -2.35. The quantitative estimate of drug-likeness (QED) is 0.710. The van der Waals surface area contributed by atoms with Gasteiger partial charge in [0.05, 0.1) is 5.69 Å². The second-order valence-electron chi connectivity index (χ2n) is 6.08. The van der Waals surface area contributed by atoms with E-state index in [4.69, 9.17) is 0 Å². The molecule has 0 saturated carbocycles. The minimum Gasteiger partial charge on any atom is -0.324 e. The maximum absolute atomic E-state index is 12.7. The molecule has 25 heavy (non-hydrogen) atoms. The number of nitrogens with one attached hydrogen (secondary N) is 1. The van der Waals surface area contributed by atoms with E-state index < -0.39 is 0 Å². The van der Waals surface area contributed by atoms with Gasteiger partial charge in [-0.25, -0.2) is 0 Å². The van der Waals surface area contributed by atoms with E-state index in [2.05, 4.69) is 21.2 Å². The van der Waals surface area contributed by atoms with Gasteiger partial charge in [0.25, 0.3) is 5.91 Å². The molecular formula is C20H15BrN2O2. The van der Waals surface area contributed by atoms with Crippen molar-refractivity contribution in [3.63, 3.8) is 0 Å². The van der Waals surface area contributed by atoms with Crippen molar-refractivity contribution in [1.82, 2.24) is 0 Å². The van der Waals surface area contributed by atoms with Gasteiger partial charge in [0.15, 0.2) is 0 Å². The minimum absolute atomic E-state index is 0.0118. The Hall–Kier alpha value is -2.66. The fourth-order valence-electron chi connectivity index (χ4n) is 3.24. The third kappa shape index (κ3) is 2.70. The number of hydrogen-bond acceptors (Lipinski definition) is 2. The molecule has 0 radical (unpaired) electrons. The number of nitrogens with zero attached hydrogens (tertiary/aromatic N) is 1. The van der Waals surface area contributed by atoms with E-state index in [1.54, 1.807) is 4.90 Å². The summed E-state index contributed by atoms with van der Waals surface area (Å²) in [5, 5.41) is 4.82. The topological polar surface area (TPSA) is 49.4 Å². The summed E-state index contributed by atoms with van der Waals surface area (Å²) >= 11 is 3.41. The van der Waals surface area contributed by atoms with Gasteiger partial charge in [-0.3, -0.25) is 14.5 Å². The summed E-state index contributed by atoms with van der Waals surface area (Å²) in [7, 11) is 0. The number of halogens is 1. The smallest absolute Gasteiger partial charge is 0.259 e. The van der Waals surface area contributed by atoms with Crippen LogP contribution in [-0.2, 0) is 4.79 Å². The van der Waals surface area contributed by atoms with Gasteiger partial charge in [-0.05, 0) is 48.2 Å². The van der Waals surface area contributed by atoms with Crippen molar-refractivity contribution >= 4 is 49.9 Å². The number of aryl methyl sites for hydroxylation is 1. The normalized spacial score (nSPS) is 12.7. The van der Waals surface area contributed by atoms with Crippen LogP contribution in [0.2, 0.25) is 0 Å². The maximum atomic E-state index is 12.7. The van der Waals surface area contributed by atoms with E-state index in [-0.39, 0.29) is 18.4 Å². The first-order valence-corrected chi connectivity index (χ1v) is 8.73. The van der Waals surface area contributed by atoms with Gasteiger partial charge in [-0.1, -0.05) is 40.2 Å². The van der Waals surface area contributed by atoms with Crippen LogP contribution in [0, 0.1) is 6.92 Å². The van der Waals surface area contributed by atoms with Crippen LogP contribution in [0.25, 0.3) is 10.8 Å². The lowest BCUT2D eigenvalue weighted by molar-refractivity contribution is -0.114. The minimum atomic E-state index is -0.219. The molecule has 5 heteroatoms. The molecule has 0 saturated heterocycles. The van der Waals surface area contributed by atoms with Crippen LogP contribution in [0.15, 0.2) is 59.1 Å². The van der Waals surface area contributed by atoms with Gasteiger partial charge in [0, 0.05) is 21.1 Å². The number of carbonyl (C=O) groups excluding carboxylic acids is 2. The Balaban J connectivity index is 1.61. The predicted molar refractivity (Wildman–Crippen MR) is 103 cm³/mol. The Morgan fingerprint density at radius 3 is 2.64 bits per heavy atom. The largest absolute Gasteiger partial charge is 0.324 e. The first kappa shape index (κ1) is 15.8. The summed E-state index contributed by atoms with van der Waals surface area (Å²) in [6.07, 6.45) is 0. The van der Waals surface area contributed by atoms with Crippen LogP contribution in [0.3, 0.4) is 0 Å². The second kappa shape index (κ2) is 6.01. The highest BCUT2D eigenvalue weighted by Crippen LogP contribution is 2.37. The van der Waals surface area contributed by atoms with Gasteiger partial charge in [0.1, 0.15) is 6.54 Å². The van der Waals surface area contributed by atoms with Crippen molar-refractivity contribution in [3.8, 4) is 0 Å². The second-order valence-corrected chi connectivity index (χ2v) is 7.00. The monoisotopic (exact) mass is 394 g/mol. The maximum Gasteiger partial charge on any atom is 0.259 e. The summed E-state index contributed by atoms with van der Waals surface area (Å²) in [4.78, 5) is 26.8. The van der Waals surface area contributed by atoms with E-state index in [1.165, 1.54) is 0 Å². The fraction of sp³-hybridized carbons (Fsp3) is 0.100. The molecule has 0 unspecified atom stereocenters. The molecule has 0 bridgehead atoms. The number of amides is 2. The van der Waals surface area contributed by atoms with Gasteiger partial charge >= 0.3 is 0 Å². The molecule has 3 aromatic carbocycles. The average Bonchev–Trinajstić information content (AvgIpc) is 2.86. The lowest BCUT2D eigenvalue weighted by atomic mass is 10.1. The van der Waals surface area contributed by atoms with Crippen molar-refractivity contribution in [3.05, 3.63) is 70.2 Å². The number of benzene rings is 3. The summed E-state index contributed by atoms with van der Waals surface area (Å²) in [5.74, 6) is -0.349. The summed E-state index contributed by atoms with van der Waals surface area (Å²) in [5.41, 5.74) is 3.15. The Morgan fingerprint density at radius 2 is 1.88 bits per heavy atom. The zero-order valence-corrected chi connectivity index (χ0v) is 15.1. The van der Waals surface area contributed by atoms with Crippen LogP contribution < -0.4 is 10.2 Å². The molecule has 0 aliphatic carbocycles. The fourth-order valence-corrected chi connectivity index (χ4v) is 3.71. The molecule has 1 aliphatic rings. The summed E-state index contributed by atoms with van der Waals surface area (Å²) in [6.45, 7) is 1.92. The molecule has 3 aromatic rings. The Morgan fingerprint density at radius 1 is 1.12 bits per heavy atom. The number of rotatable bonds is 3. The zero-order valence-electron chi connectivity index (χ0n) is 13.5. The predicted octanol–water partition coefficient (Wildman–Crippen LogP) is 4.51. The van der Waals surface area contributed by atoms with Crippen LogP contribution in [0.4, 0.5) is 11.4 Å². The standard InChI is InChI=1S/C20H15BrN2O2/c1-12-10-14(21)8-9-16(12)22-18(24)11-23-17-7-3-5-13-4-2-6-15(19(13)17)20(23)25/h2-10H,11H2,1H3,(H,22,24). The number of carbonyl (C=O) groups is 2. The molecule has 4 rings (SSSR count). The number of anilines is 2. The molecule has 0 aromatic heterocycles. The molecule has 0 fully saturated rings. The van der Waals surface area contributed by atoms with Crippen LogP contribution in [-0.4, -0.2) is 18.4 Å². The van der Waals surface area contributed by atoms with Crippen molar-refractivity contribution < 1.29 is 9.59 Å². The van der Waals surface area contributed by atoms with Gasteiger partial charge in [-0.2, -0.15) is 0 Å². The highest BCUT2D eigenvalue weighted by atomic mass is 79.9. The first-order chi connectivity index (χ1) is 12.0. The molecule has 124 valence electrons. The third-order valence-corrected chi connectivity index (χ3v) is 4.91. The van der Waals surface area contributed by atoms with Crippen molar-refractivity contribution in [2.75, 3.05) is 16.8 Å². The lowest BCUT2D eigenvalue weighted by Gasteiger charge is -2.18. The Labute approximate surface area is 153 Å². The van der Waals surface area contributed by atoms with E-state index in [1.807, 2.05) is 61.5 Å². The van der Waals surface area contributed by atoms with Crippen LogP contribution in [0.5, 0.6) is 0 Å². The molecule has 0 spiro atoms. The van der Waals surface area contributed by atoms with Gasteiger partial charge in [-0.15, -0.1) is 0 Å². The molecule has 1 heterocycles. The highest BCUT2D eigenvalue weighted by Gasteiger charge is 2.30. The van der Waals surface area contributed by atoms with E-state index in [0.29, 0.717) is 5.56 Å². The van der Waals surface area contributed by atoms with Crippen LogP contribution in [0.1, 0.15) is 15.9 Å². The van der Waals surface area contributed by atoms with Crippen LogP contribution >= 0.6 is 15.9 Å². The van der Waals surface area contributed by atoms with Crippen molar-refractivity contribution in [2.24, 2.45) is 0 Å². The molecular weight excluding hydrogens is 380 g/mol. The third-order valence-electron chi connectivity index (χ3n) is 4.41. The van der Waals surface area contributed by atoms with E-state index in [9.17, 15) is 9.59 Å².